The van der Waals surface area contributed by atoms with Crippen molar-refractivity contribution in [2.45, 2.75) is 12.5 Å². The number of hydrogen-bond acceptors (Lipinski definition) is 4. The lowest BCUT2D eigenvalue weighted by Gasteiger charge is -2.23. The Kier molecular flexibility index (Phi) is 6.38. The maximum atomic E-state index is 10.2. The van der Waals surface area contributed by atoms with Gasteiger partial charge in [0.05, 0.1) is 0 Å². The van der Waals surface area contributed by atoms with Crippen LogP contribution in [0.15, 0.2) is 12.2 Å². The monoisotopic (exact) mass is 220 g/mol. The molecule has 0 rings (SSSR count). The van der Waals surface area contributed by atoms with E-state index in [0.717, 1.165) is 6.08 Å². The number of aliphatic carboxylic acids is 1. The fraction of sp³-hybridized carbons (Fsp3) is 0.625. The van der Waals surface area contributed by atoms with Crippen LogP contribution in [0.5, 0.6) is 0 Å². The molecule has 0 heterocycles. The van der Waals surface area contributed by atoms with Gasteiger partial charge in [0.25, 0.3) is 0 Å². The highest BCUT2D eigenvalue weighted by atomic mass is 28.4. The van der Waals surface area contributed by atoms with Crippen LogP contribution >= 0.6 is 0 Å². The van der Waals surface area contributed by atoms with Gasteiger partial charge in [0.2, 0.25) is 0 Å². The van der Waals surface area contributed by atoms with Crippen LogP contribution in [-0.4, -0.2) is 41.2 Å². The predicted octanol–water partition coefficient (Wildman–Crippen LogP) is 0.895. The average molecular weight is 220 g/mol. The molecule has 1 N–H and O–H groups in total. The van der Waals surface area contributed by atoms with Crippen LogP contribution in [0.3, 0.4) is 0 Å². The molecule has 5 nitrogen and oxygen atoms in total. The van der Waals surface area contributed by atoms with Crippen molar-refractivity contribution in [2.24, 2.45) is 0 Å². The van der Waals surface area contributed by atoms with Gasteiger partial charge in [-0.15, -0.1) is 0 Å². The Labute approximate surface area is 84.7 Å². The Morgan fingerprint density at radius 3 is 2.14 bits per heavy atom. The second kappa shape index (κ2) is 6.72. The van der Waals surface area contributed by atoms with Crippen LogP contribution in [-0.2, 0) is 18.1 Å². The van der Waals surface area contributed by atoms with E-state index >= 15 is 0 Å². The van der Waals surface area contributed by atoms with Gasteiger partial charge in [0.15, 0.2) is 0 Å². The van der Waals surface area contributed by atoms with E-state index in [1.807, 2.05) is 0 Å². The number of hydrogen-bond donors (Lipinski definition) is 1. The van der Waals surface area contributed by atoms with Crippen molar-refractivity contribution in [2.75, 3.05) is 21.3 Å². The van der Waals surface area contributed by atoms with Gasteiger partial charge >= 0.3 is 14.8 Å². The van der Waals surface area contributed by atoms with Gasteiger partial charge in [-0.1, -0.05) is 6.08 Å². The van der Waals surface area contributed by atoms with E-state index < -0.39 is 14.8 Å². The third-order valence-corrected chi connectivity index (χ3v) is 4.58. The summed E-state index contributed by atoms with van der Waals surface area (Å²) in [5.41, 5.74) is 0. The normalized spacial score (nSPS) is 12.2. The van der Waals surface area contributed by atoms with E-state index in [1.165, 1.54) is 21.3 Å². The maximum absolute atomic E-state index is 10.2. The second-order valence-electron chi connectivity index (χ2n) is 2.57. The van der Waals surface area contributed by atoms with E-state index in [4.69, 9.17) is 18.4 Å². The number of carboxylic acid groups (broad SMARTS) is 1. The summed E-state index contributed by atoms with van der Waals surface area (Å²) in [5.74, 6) is -0.954. The van der Waals surface area contributed by atoms with Crippen LogP contribution in [0.25, 0.3) is 0 Å². The molecule has 0 fully saturated rings. The molecule has 0 aliphatic heterocycles. The second-order valence-corrected chi connectivity index (χ2v) is 5.67. The quantitative estimate of drug-likeness (QED) is 0.510. The van der Waals surface area contributed by atoms with Crippen LogP contribution in [0.1, 0.15) is 6.42 Å². The summed E-state index contributed by atoms with van der Waals surface area (Å²) in [6, 6.07) is 0.570. The lowest BCUT2D eigenvalue weighted by Crippen LogP contribution is -2.42. The molecule has 0 saturated heterocycles. The van der Waals surface area contributed by atoms with Crippen molar-refractivity contribution in [1.82, 2.24) is 0 Å². The SMILES string of the molecule is CO[Si](CCC=CC(=O)O)(OC)OC. The van der Waals surface area contributed by atoms with Crippen molar-refractivity contribution in [3.63, 3.8) is 0 Å². The molecular weight excluding hydrogens is 204 g/mol. The number of carboxylic acids is 1. The van der Waals surface area contributed by atoms with Gasteiger partial charge in [-0.05, 0) is 6.42 Å². The average Bonchev–Trinajstić information content (AvgIpc) is 2.19. The zero-order valence-electron chi connectivity index (χ0n) is 8.65. The summed E-state index contributed by atoms with van der Waals surface area (Å²) in [5, 5.41) is 8.35. The molecule has 0 aromatic rings. The number of allylic oxidation sites excluding steroid dienone is 1. The van der Waals surface area contributed by atoms with Crippen molar-refractivity contribution < 1.29 is 23.2 Å². The highest BCUT2D eigenvalue weighted by molar-refractivity contribution is 6.60. The minimum absolute atomic E-state index is 0.564. The summed E-state index contributed by atoms with van der Waals surface area (Å²) < 4.78 is 15.5. The first-order valence-electron chi connectivity index (χ1n) is 4.15. The molecule has 82 valence electrons. The zero-order valence-corrected chi connectivity index (χ0v) is 9.65. The molecule has 0 atom stereocenters. The van der Waals surface area contributed by atoms with E-state index in [2.05, 4.69) is 0 Å². The van der Waals surface area contributed by atoms with Crippen molar-refractivity contribution >= 4 is 14.8 Å². The largest absolute Gasteiger partial charge is 0.500 e. The lowest BCUT2D eigenvalue weighted by molar-refractivity contribution is -0.131. The van der Waals surface area contributed by atoms with Gasteiger partial charge in [-0.2, -0.15) is 0 Å². The van der Waals surface area contributed by atoms with Crippen molar-refractivity contribution in [3.8, 4) is 0 Å². The van der Waals surface area contributed by atoms with E-state index in [-0.39, 0.29) is 0 Å². The first kappa shape index (κ1) is 13.3. The molecule has 0 bridgehead atoms. The fourth-order valence-corrected chi connectivity index (χ4v) is 2.63. The summed E-state index contributed by atoms with van der Waals surface area (Å²) in [4.78, 5) is 10.2. The first-order valence-corrected chi connectivity index (χ1v) is 6.08. The third-order valence-electron chi connectivity index (χ3n) is 1.81. The summed E-state index contributed by atoms with van der Waals surface area (Å²) >= 11 is 0. The van der Waals surface area contributed by atoms with Gasteiger partial charge in [0, 0.05) is 33.4 Å². The van der Waals surface area contributed by atoms with Gasteiger partial charge in [0.1, 0.15) is 0 Å². The molecular formula is C8H16O5Si. The first-order chi connectivity index (χ1) is 6.60. The molecule has 0 spiro atoms. The Balaban J connectivity index is 4.00. The van der Waals surface area contributed by atoms with Crippen molar-refractivity contribution in [3.05, 3.63) is 12.2 Å². The zero-order chi connectivity index (χ0) is 11.0. The Hall–Kier alpha value is -0.693. The Morgan fingerprint density at radius 2 is 1.79 bits per heavy atom. The Morgan fingerprint density at radius 1 is 1.29 bits per heavy atom. The highest BCUT2D eigenvalue weighted by Gasteiger charge is 2.36. The number of rotatable bonds is 7. The van der Waals surface area contributed by atoms with Crippen LogP contribution in [0.2, 0.25) is 6.04 Å². The van der Waals surface area contributed by atoms with Crippen molar-refractivity contribution in [1.29, 1.82) is 0 Å². The molecule has 0 radical (unpaired) electrons. The van der Waals surface area contributed by atoms with Crippen LogP contribution < -0.4 is 0 Å². The highest BCUT2D eigenvalue weighted by Crippen LogP contribution is 2.14. The van der Waals surface area contributed by atoms with E-state index in [0.29, 0.717) is 12.5 Å². The fourth-order valence-electron chi connectivity index (χ4n) is 1.00. The molecule has 0 saturated carbocycles. The van der Waals surface area contributed by atoms with Crippen LogP contribution in [0, 0.1) is 0 Å². The molecule has 0 unspecified atom stereocenters. The topological polar surface area (TPSA) is 65.0 Å². The summed E-state index contributed by atoms with van der Waals surface area (Å²) in [7, 11) is 2.05. The molecule has 6 heteroatoms. The smallest absolute Gasteiger partial charge is 0.478 e. The van der Waals surface area contributed by atoms with Gasteiger partial charge in [-0.3, -0.25) is 0 Å². The van der Waals surface area contributed by atoms with E-state index in [1.54, 1.807) is 6.08 Å². The molecule has 0 aliphatic rings. The molecule has 0 amide bonds. The summed E-state index contributed by atoms with van der Waals surface area (Å²) in [6.07, 6.45) is 3.22. The molecule has 0 aromatic heterocycles. The standard InChI is InChI=1S/C8H16O5Si/c1-11-14(12-2,13-3)7-5-4-6-8(9)10/h4,6H,5,7H2,1-3H3,(H,9,10). The lowest BCUT2D eigenvalue weighted by atomic mass is 10.4. The summed E-state index contributed by atoms with van der Waals surface area (Å²) in [6.45, 7) is 0. The maximum Gasteiger partial charge on any atom is 0.500 e. The molecule has 0 aliphatic carbocycles. The number of carbonyl (C=O) groups is 1. The van der Waals surface area contributed by atoms with Gasteiger partial charge < -0.3 is 18.4 Å². The predicted molar refractivity (Wildman–Crippen MR) is 53.0 cm³/mol. The Bertz CT molecular complexity index is 192. The minimum Gasteiger partial charge on any atom is -0.478 e. The van der Waals surface area contributed by atoms with Gasteiger partial charge in [-0.25, -0.2) is 4.79 Å². The van der Waals surface area contributed by atoms with E-state index in [9.17, 15) is 4.79 Å². The minimum atomic E-state index is -2.53. The third kappa shape index (κ3) is 4.52. The molecule has 14 heavy (non-hydrogen) atoms. The van der Waals surface area contributed by atoms with Crippen LogP contribution in [0.4, 0.5) is 0 Å². The molecule has 0 aromatic carbocycles.